The number of hydrogen-bond acceptors (Lipinski definition) is 4. The molecule has 9 heteroatoms. The molecule has 3 N–H and O–H groups in total. The predicted octanol–water partition coefficient (Wildman–Crippen LogP) is 5.58. The molecule has 8 rings (SSSR count). The Morgan fingerprint density at radius 3 is 2.57 bits per heavy atom. The second-order valence-corrected chi connectivity index (χ2v) is 10.6. The Labute approximate surface area is 210 Å². The molecule has 4 saturated carbocycles. The minimum atomic E-state index is -4.39. The van der Waals surface area contributed by atoms with Crippen molar-refractivity contribution in [3.05, 3.63) is 83.4 Å². The number of alkyl halides is 3. The van der Waals surface area contributed by atoms with Gasteiger partial charge in [0.1, 0.15) is 22.9 Å². The van der Waals surface area contributed by atoms with Crippen LogP contribution in [0.25, 0.3) is 16.8 Å². The van der Waals surface area contributed by atoms with Crippen LogP contribution in [0.1, 0.15) is 47.7 Å². The molecule has 4 aliphatic rings. The van der Waals surface area contributed by atoms with Crippen LogP contribution in [-0.2, 0) is 11.0 Å². The average Bonchev–Trinajstić information content (AvgIpc) is 3.50. The molecule has 0 amide bonds. The van der Waals surface area contributed by atoms with Gasteiger partial charge < -0.3 is 10.8 Å². The zero-order chi connectivity index (χ0) is 25.9. The lowest BCUT2D eigenvalue weighted by atomic mass is 9.91. The van der Waals surface area contributed by atoms with Gasteiger partial charge in [0.15, 0.2) is 0 Å². The Bertz CT molecular complexity index is 1590. The van der Waals surface area contributed by atoms with Gasteiger partial charge in [-0.05, 0) is 41.4 Å². The third-order valence-corrected chi connectivity index (χ3v) is 8.97. The number of carbonyl (C=O) groups is 1. The van der Waals surface area contributed by atoms with Crippen LogP contribution in [0, 0.1) is 23.2 Å². The summed E-state index contributed by atoms with van der Waals surface area (Å²) in [4.78, 5) is 21.1. The largest absolute Gasteiger partial charge is 0.481 e. The van der Waals surface area contributed by atoms with Crippen LogP contribution >= 0.6 is 0 Å². The molecule has 2 bridgehead atoms. The SMILES string of the molecule is C[C@@H](c1ccc(-c2nc([C@@H]3C[C@@H]4[C@@H]5C3[C@]45C(=O)O)n3ccnc(N)c23)cc1)c1cccc(C(F)(F)F)c1. The zero-order valence-corrected chi connectivity index (χ0v) is 19.8. The van der Waals surface area contributed by atoms with Gasteiger partial charge in [0.05, 0.1) is 11.0 Å². The Kier molecular flexibility index (Phi) is 4.29. The average molecular weight is 505 g/mol. The number of aromatic nitrogens is 3. The van der Waals surface area contributed by atoms with E-state index in [4.69, 9.17) is 10.7 Å². The number of nitrogens with zero attached hydrogens (tertiary/aromatic N) is 3. The first-order valence-electron chi connectivity index (χ1n) is 12.3. The van der Waals surface area contributed by atoms with E-state index in [2.05, 4.69) is 4.98 Å². The van der Waals surface area contributed by atoms with Gasteiger partial charge in [-0.1, -0.05) is 49.4 Å². The van der Waals surface area contributed by atoms with Crippen LogP contribution in [0.2, 0.25) is 0 Å². The van der Waals surface area contributed by atoms with E-state index in [-0.39, 0.29) is 29.6 Å². The summed E-state index contributed by atoms with van der Waals surface area (Å²) < 4.78 is 41.5. The number of anilines is 1. The summed E-state index contributed by atoms with van der Waals surface area (Å²) in [6, 6.07) is 13.0. The molecular formula is C28H23F3N4O2. The number of nitrogens with two attached hydrogens (primary N) is 1. The summed E-state index contributed by atoms with van der Waals surface area (Å²) in [5.74, 6) is 0.920. The number of hydrogen-bond donors (Lipinski definition) is 2. The molecule has 4 aromatic rings. The smallest absolute Gasteiger partial charge is 0.416 e. The fourth-order valence-corrected chi connectivity index (χ4v) is 7.07. The molecule has 6 atom stereocenters. The Balaban J connectivity index is 1.23. The highest BCUT2D eigenvalue weighted by Gasteiger charge is 2.96. The summed E-state index contributed by atoms with van der Waals surface area (Å²) in [7, 11) is 0. The van der Waals surface area contributed by atoms with E-state index in [1.807, 2.05) is 41.8 Å². The fraction of sp³-hybridized carbons (Fsp3) is 0.321. The summed E-state index contributed by atoms with van der Waals surface area (Å²) in [6.07, 6.45) is -0.134. The van der Waals surface area contributed by atoms with E-state index < -0.39 is 23.1 Å². The minimum Gasteiger partial charge on any atom is -0.481 e. The molecule has 0 spiro atoms. The first-order chi connectivity index (χ1) is 17.6. The van der Waals surface area contributed by atoms with Crippen LogP contribution in [0.5, 0.6) is 0 Å². The number of rotatable bonds is 5. The maximum absolute atomic E-state index is 13.2. The molecule has 188 valence electrons. The summed E-state index contributed by atoms with van der Waals surface area (Å²) in [5.41, 5.74) is 8.69. The van der Waals surface area contributed by atoms with Crippen molar-refractivity contribution in [1.82, 2.24) is 14.4 Å². The first-order valence-corrected chi connectivity index (χ1v) is 12.3. The number of halogens is 3. The van der Waals surface area contributed by atoms with Crippen LogP contribution in [0.3, 0.4) is 0 Å². The van der Waals surface area contributed by atoms with Crippen molar-refractivity contribution in [3.8, 4) is 11.3 Å². The van der Waals surface area contributed by atoms with Gasteiger partial charge in [-0.15, -0.1) is 0 Å². The normalized spacial score (nSPS) is 28.2. The van der Waals surface area contributed by atoms with Gasteiger partial charge in [-0.2, -0.15) is 13.2 Å². The van der Waals surface area contributed by atoms with Crippen LogP contribution < -0.4 is 5.73 Å². The van der Waals surface area contributed by atoms with Gasteiger partial charge >= 0.3 is 12.1 Å². The molecule has 4 aliphatic carbocycles. The maximum Gasteiger partial charge on any atom is 0.416 e. The van der Waals surface area contributed by atoms with E-state index in [0.717, 1.165) is 29.4 Å². The molecule has 6 nitrogen and oxygen atoms in total. The highest BCUT2D eigenvalue weighted by molar-refractivity contribution is 5.88. The predicted molar refractivity (Wildman–Crippen MR) is 130 cm³/mol. The van der Waals surface area contributed by atoms with Crippen LogP contribution in [-0.4, -0.2) is 25.4 Å². The van der Waals surface area contributed by atoms with Gasteiger partial charge in [0.2, 0.25) is 0 Å². The second-order valence-electron chi connectivity index (χ2n) is 10.6. The van der Waals surface area contributed by atoms with Crippen molar-refractivity contribution >= 4 is 17.3 Å². The summed E-state index contributed by atoms with van der Waals surface area (Å²) in [5, 5.41) is 9.74. The first kappa shape index (κ1) is 22.3. The number of carboxylic acids is 1. The molecule has 2 aromatic heterocycles. The van der Waals surface area contributed by atoms with Crippen molar-refractivity contribution in [1.29, 1.82) is 0 Å². The molecule has 2 heterocycles. The van der Waals surface area contributed by atoms with Crippen LogP contribution in [0.15, 0.2) is 60.9 Å². The second kappa shape index (κ2) is 7.12. The number of benzene rings is 2. The zero-order valence-electron chi connectivity index (χ0n) is 19.8. The molecule has 0 aliphatic heterocycles. The summed E-state index contributed by atoms with van der Waals surface area (Å²) in [6.45, 7) is 1.88. The molecule has 37 heavy (non-hydrogen) atoms. The quantitative estimate of drug-likeness (QED) is 0.370. The lowest BCUT2D eigenvalue weighted by Crippen LogP contribution is -2.13. The van der Waals surface area contributed by atoms with Gasteiger partial charge in [0.25, 0.3) is 0 Å². The number of fused-ring (bicyclic) bond motifs is 2. The van der Waals surface area contributed by atoms with E-state index >= 15 is 0 Å². The van der Waals surface area contributed by atoms with E-state index in [1.165, 1.54) is 12.1 Å². The third-order valence-electron chi connectivity index (χ3n) is 8.97. The van der Waals surface area contributed by atoms with Crippen LogP contribution in [0.4, 0.5) is 19.0 Å². The van der Waals surface area contributed by atoms with Crippen molar-refractivity contribution in [3.63, 3.8) is 0 Å². The highest BCUT2D eigenvalue weighted by Crippen LogP contribution is 2.94. The molecule has 4 fully saturated rings. The molecule has 1 unspecified atom stereocenters. The minimum absolute atomic E-state index is 0.0642. The van der Waals surface area contributed by atoms with Crippen molar-refractivity contribution in [2.75, 3.05) is 5.73 Å². The molecule has 0 radical (unpaired) electrons. The Morgan fingerprint density at radius 2 is 1.92 bits per heavy atom. The number of imidazole rings is 1. The Hall–Kier alpha value is -3.88. The Morgan fingerprint density at radius 1 is 1.16 bits per heavy atom. The lowest BCUT2D eigenvalue weighted by Gasteiger charge is -2.15. The standard InChI is InChI=1S/C28H23F3N4O2/c1-13(16-3-2-4-17(11-16)28(29,30)31)14-5-7-15(8-6-14)22-23-24(32)33-9-10-35(23)25(34-22)18-12-19-21-20(18)27(19,21)26(36)37/h2-11,13,18-21H,12H2,1H3,(H2,32,33)(H,36,37)/t13-,18+,19+,20?,21+,27+/m0/s1. The molecule has 2 aromatic carbocycles. The number of carboxylic acid groups (broad SMARTS) is 1. The van der Waals surface area contributed by atoms with Gasteiger partial charge in [0, 0.05) is 29.8 Å². The summed E-state index contributed by atoms with van der Waals surface area (Å²) >= 11 is 0. The highest BCUT2D eigenvalue weighted by atomic mass is 19.4. The molecule has 0 saturated heterocycles. The van der Waals surface area contributed by atoms with Crippen molar-refractivity contribution < 1.29 is 23.1 Å². The fourth-order valence-electron chi connectivity index (χ4n) is 7.07. The third kappa shape index (κ3) is 2.91. The maximum atomic E-state index is 13.2. The molecular weight excluding hydrogens is 481 g/mol. The number of nitrogen functional groups attached to an aromatic ring is 1. The van der Waals surface area contributed by atoms with Crippen molar-refractivity contribution in [2.24, 2.45) is 23.2 Å². The van der Waals surface area contributed by atoms with E-state index in [9.17, 15) is 23.1 Å². The van der Waals surface area contributed by atoms with E-state index in [1.54, 1.807) is 12.3 Å². The van der Waals surface area contributed by atoms with Gasteiger partial charge in [-0.3, -0.25) is 9.20 Å². The lowest BCUT2D eigenvalue weighted by molar-refractivity contribution is -0.142. The van der Waals surface area contributed by atoms with Gasteiger partial charge in [-0.25, -0.2) is 9.97 Å². The van der Waals surface area contributed by atoms with E-state index in [0.29, 0.717) is 22.6 Å². The monoisotopic (exact) mass is 504 g/mol. The number of aliphatic carboxylic acids is 1. The topological polar surface area (TPSA) is 93.5 Å². The van der Waals surface area contributed by atoms with Crippen molar-refractivity contribution in [2.45, 2.75) is 31.4 Å².